The van der Waals surface area contributed by atoms with Gasteiger partial charge in [-0.15, -0.1) is 0 Å². The molecule has 2 aromatic rings. The number of hydrogen-bond acceptors (Lipinski definition) is 4. The molecule has 1 aromatic carbocycles. The van der Waals surface area contributed by atoms with Gasteiger partial charge in [0.2, 0.25) is 0 Å². The van der Waals surface area contributed by atoms with Crippen molar-refractivity contribution in [3.8, 4) is 5.75 Å². The number of ether oxygens (including phenoxy) is 1. The molecule has 1 aliphatic carbocycles. The van der Waals surface area contributed by atoms with Gasteiger partial charge in [0.05, 0.1) is 18.2 Å². The molecule has 25 heavy (non-hydrogen) atoms. The SMILES string of the molecule is COc1ccc2nc(C3CC3)cc(C(=O)N(C)C(C)(C)C(=O)O)c2c1. The zero-order chi connectivity index (χ0) is 18.4. The molecule has 1 saturated carbocycles. The topological polar surface area (TPSA) is 79.7 Å². The van der Waals surface area contributed by atoms with Gasteiger partial charge in [-0.2, -0.15) is 0 Å². The van der Waals surface area contributed by atoms with Crippen LogP contribution in [-0.2, 0) is 4.79 Å². The van der Waals surface area contributed by atoms with E-state index in [1.165, 1.54) is 25.8 Å². The summed E-state index contributed by atoms with van der Waals surface area (Å²) in [5.74, 6) is -0.379. The maximum Gasteiger partial charge on any atom is 0.329 e. The van der Waals surface area contributed by atoms with E-state index in [1.807, 2.05) is 12.1 Å². The summed E-state index contributed by atoms with van der Waals surface area (Å²) >= 11 is 0. The summed E-state index contributed by atoms with van der Waals surface area (Å²) in [6, 6.07) is 7.22. The summed E-state index contributed by atoms with van der Waals surface area (Å²) < 4.78 is 5.27. The summed E-state index contributed by atoms with van der Waals surface area (Å²) in [7, 11) is 3.08. The molecule has 0 aliphatic heterocycles. The van der Waals surface area contributed by atoms with Gasteiger partial charge in [-0.05, 0) is 51.0 Å². The second-order valence-corrected chi connectivity index (χ2v) is 6.98. The van der Waals surface area contributed by atoms with Crippen LogP contribution < -0.4 is 4.74 Å². The Bertz CT molecular complexity index is 856. The molecule has 1 aromatic heterocycles. The van der Waals surface area contributed by atoms with Crippen LogP contribution >= 0.6 is 0 Å². The lowest BCUT2D eigenvalue weighted by atomic mass is 10.00. The molecule has 1 amide bonds. The van der Waals surface area contributed by atoms with Crippen molar-refractivity contribution in [3.05, 3.63) is 35.5 Å². The first-order valence-corrected chi connectivity index (χ1v) is 8.26. The van der Waals surface area contributed by atoms with Crippen LogP contribution in [-0.4, -0.2) is 46.6 Å². The van der Waals surface area contributed by atoms with E-state index in [0.717, 1.165) is 24.1 Å². The van der Waals surface area contributed by atoms with Gasteiger partial charge in [-0.25, -0.2) is 4.79 Å². The third-order valence-corrected chi connectivity index (χ3v) is 4.93. The number of fused-ring (bicyclic) bond motifs is 1. The first-order valence-electron chi connectivity index (χ1n) is 8.26. The second-order valence-electron chi connectivity index (χ2n) is 6.98. The molecule has 1 heterocycles. The Morgan fingerprint density at radius 3 is 2.52 bits per heavy atom. The maximum atomic E-state index is 13.1. The van der Waals surface area contributed by atoms with E-state index >= 15 is 0 Å². The highest BCUT2D eigenvalue weighted by Crippen LogP contribution is 2.40. The number of aliphatic carboxylic acids is 1. The number of methoxy groups -OCH3 is 1. The fraction of sp³-hybridized carbons (Fsp3) is 0.421. The Balaban J connectivity index is 2.15. The maximum absolute atomic E-state index is 13.1. The first kappa shape index (κ1) is 17.2. The van der Waals surface area contributed by atoms with Crippen molar-refractivity contribution in [2.75, 3.05) is 14.2 Å². The van der Waals surface area contributed by atoms with Crippen molar-refractivity contribution in [1.29, 1.82) is 0 Å². The van der Waals surface area contributed by atoms with E-state index in [9.17, 15) is 14.7 Å². The Morgan fingerprint density at radius 2 is 1.96 bits per heavy atom. The molecule has 132 valence electrons. The molecule has 0 unspecified atom stereocenters. The van der Waals surface area contributed by atoms with E-state index in [1.54, 1.807) is 19.2 Å². The van der Waals surface area contributed by atoms with Crippen LogP contribution in [0.2, 0.25) is 0 Å². The van der Waals surface area contributed by atoms with Gasteiger partial charge in [-0.1, -0.05) is 0 Å². The lowest BCUT2D eigenvalue weighted by Gasteiger charge is -2.32. The Hall–Kier alpha value is -2.63. The van der Waals surface area contributed by atoms with Crippen LogP contribution in [0.4, 0.5) is 0 Å². The first-order chi connectivity index (χ1) is 11.8. The predicted octanol–water partition coefficient (Wildman–Crippen LogP) is 3.06. The van der Waals surface area contributed by atoms with Gasteiger partial charge in [0.25, 0.3) is 5.91 Å². The second kappa shape index (κ2) is 6.02. The Morgan fingerprint density at radius 1 is 1.28 bits per heavy atom. The lowest BCUT2D eigenvalue weighted by molar-refractivity contribution is -0.147. The Kier molecular flexibility index (Phi) is 4.14. The van der Waals surface area contributed by atoms with Crippen molar-refractivity contribution in [3.63, 3.8) is 0 Å². The van der Waals surface area contributed by atoms with Gasteiger partial charge in [0.1, 0.15) is 11.3 Å². The average molecular weight is 342 g/mol. The summed E-state index contributed by atoms with van der Waals surface area (Å²) in [5, 5.41) is 10.1. The minimum atomic E-state index is -1.31. The van der Waals surface area contributed by atoms with Gasteiger partial charge < -0.3 is 14.7 Å². The number of carbonyl (C=O) groups excluding carboxylic acids is 1. The van der Waals surface area contributed by atoms with Crippen LogP contribution in [0.1, 0.15) is 48.7 Å². The monoisotopic (exact) mass is 342 g/mol. The molecular formula is C19H22N2O4. The number of carboxylic acids is 1. The number of aromatic nitrogens is 1. The zero-order valence-corrected chi connectivity index (χ0v) is 14.9. The zero-order valence-electron chi connectivity index (χ0n) is 14.9. The third kappa shape index (κ3) is 3.04. The minimum Gasteiger partial charge on any atom is -0.497 e. The van der Waals surface area contributed by atoms with Crippen LogP contribution in [0.25, 0.3) is 10.9 Å². The Labute approximate surface area is 146 Å². The van der Waals surface area contributed by atoms with Gasteiger partial charge in [0.15, 0.2) is 0 Å². The number of amides is 1. The average Bonchev–Trinajstić information content (AvgIpc) is 3.43. The van der Waals surface area contributed by atoms with Crippen LogP contribution in [0, 0.1) is 0 Å². The fourth-order valence-electron chi connectivity index (χ4n) is 2.70. The number of rotatable bonds is 5. The van der Waals surface area contributed by atoms with Crippen molar-refractivity contribution in [2.45, 2.75) is 38.1 Å². The molecule has 6 heteroatoms. The van der Waals surface area contributed by atoms with Crippen LogP contribution in [0.5, 0.6) is 5.75 Å². The quantitative estimate of drug-likeness (QED) is 0.903. The number of hydrogen-bond donors (Lipinski definition) is 1. The predicted molar refractivity (Wildman–Crippen MR) is 94.1 cm³/mol. The number of nitrogens with zero attached hydrogens (tertiary/aromatic N) is 2. The molecule has 0 atom stereocenters. The van der Waals surface area contributed by atoms with Crippen molar-refractivity contribution in [2.24, 2.45) is 0 Å². The molecule has 1 fully saturated rings. The standard InChI is InChI=1S/C19H22N2O4/c1-19(2,18(23)24)21(3)17(22)14-10-16(11-5-6-11)20-15-8-7-12(25-4)9-13(14)15/h7-11H,5-6H2,1-4H3,(H,23,24). The number of carboxylic acid groups (broad SMARTS) is 1. The largest absolute Gasteiger partial charge is 0.497 e. The van der Waals surface area contributed by atoms with Gasteiger partial charge >= 0.3 is 5.97 Å². The highest BCUT2D eigenvalue weighted by atomic mass is 16.5. The number of pyridine rings is 1. The fourth-order valence-corrected chi connectivity index (χ4v) is 2.70. The van der Waals surface area contributed by atoms with E-state index in [0.29, 0.717) is 22.6 Å². The molecule has 6 nitrogen and oxygen atoms in total. The van der Waals surface area contributed by atoms with E-state index < -0.39 is 11.5 Å². The molecule has 0 saturated heterocycles. The van der Waals surface area contributed by atoms with Gasteiger partial charge in [0, 0.05) is 24.0 Å². The van der Waals surface area contributed by atoms with E-state index in [4.69, 9.17) is 4.74 Å². The summed E-state index contributed by atoms with van der Waals surface area (Å²) in [6.45, 7) is 3.03. The number of likely N-dealkylation sites (N-methyl/N-ethyl adjacent to an activating group) is 1. The smallest absolute Gasteiger partial charge is 0.329 e. The molecule has 0 bridgehead atoms. The normalized spacial score (nSPS) is 14.4. The summed E-state index contributed by atoms with van der Waals surface area (Å²) in [5.41, 5.74) is 0.755. The molecule has 3 rings (SSSR count). The minimum absolute atomic E-state index is 0.338. The molecule has 1 N–H and O–H groups in total. The van der Waals surface area contributed by atoms with E-state index in [2.05, 4.69) is 4.98 Å². The van der Waals surface area contributed by atoms with Crippen LogP contribution in [0.3, 0.4) is 0 Å². The highest BCUT2D eigenvalue weighted by Gasteiger charge is 2.37. The van der Waals surface area contributed by atoms with Crippen LogP contribution in [0.15, 0.2) is 24.3 Å². The number of carbonyl (C=O) groups is 2. The van der Waals surface area contributed by atoms with E-state index in [-0.39, 0.29) is 5.91 Å². The molecular weight excluding hydrogens is 320 g/mol. The van der Waals surface area contributed by atoms with Crippen molar-refractivity contribution >= 4 is 22.8 Å². The molecule has 1 aliphatic rings. The molecule has 0 radical (unpaired) electrons. The summed E-state index contributed by atoms with van der Waals surface area (Å²) in [4.78, 5) is 30.6. The van der Waals surface area contributed by atoms with Gasteiger partial charge in [-0.3, -0.25) is 9.78 Å². The van der Waals surface area contributed by atoms with Crippen molar-refractivity contribution in [1.82, 2.24) is 9.88 Å². The number of benzene rings is 1. The third-order valence-electron chi connectivity index (χ3n) is 4.93. The highest BCUT2D eigenvalue weighted by molar-refractivity contribution is 6.07. The lowest BCUT2D eigenvalue weighted by Crippen LogP contribution is -2.50. The summed E-state index contributed by atoms with van der Waals surface area (Å²) in [6.07, 6.45) is 2.14. The molecule has 0 spiro atoms. The van der Waals surface area contributed by atoms with Crippen molar-refractivity contribution < 1.29 is 19.4 Å².